The number of nitrogens with one attached hydrogen (secondary N) is 2. The molecule has 1 fully saturated rings. The molecule has 4 rings (SSSR count). The van der Waals surface area contributed by atoms with Crippen molar-refractivity contribution in [1.82, 2.24) is 9.97 Å². The number of hydrogen-bond acceptors (Lipinski definition) is 8. The lowest BCUT2D eigenvalue weighted by Gasteiger charge is -2.28. The lowest BCUT2D eigenvalue weighted by atomic mass is 10.2. The molecule has 3 aromatic rings. The number of aromatic nitrogens is 2. The lowest BCUT2D eigenvalue weighted by molar-refractivity contribution is 0.101. The van der Waals surface area contributed by atoms with Gasteiger partial charge in [-0.1, -0.05) is 12.1 Å². The summed E-state index contributed by atoms with van der Waals surface area (Å²) in [6.45, 7) is 6.25. The number of carbonyl (C=O) groups excluding carboxylic acids is 1. The summed E-state index contributed by atoms with van der Waals surface area (Å²) in [6.07, 6.45) is 0. The van der Waals surface area contributed by atoms with Crippen LogP contribution in [-0.2, 0) is 14.8 Å². The zero-order valence-corrected chi connectivity index (χ0v) is 19.2. The second-order valence-electron chi connectivity index (χ2n) is 7.68. The van der Waals surface area contributed by atoms with Gasteiger partial charge in [0.25, 0.3) is 10.0 Å². The van der Waals surface area contributed by atoms with Crippen molar-refractivity contribution in [2.24, 2.45) is 0 Å². The van der Waals surface area contributed by atoms with Crippen LogP contribution in [0.4, 0.5) is 23.1 Å². The number of rotatable bonds is 7. The average molecular weight is 468 g/mol. The van der Waals surface area contributed by atoms with E-state index in [-0.39, 0.29) is 10.7 Å². The van der Waals surface area contributed by atoms with Crippen LogP contribution in [0.5, 0.6) is 0 Å². The van der Waals surface area contributed by atoms with Crippen LogP contribution in [0.15, 0.2) is 59.5 Å². The molecule has 0 saturated carbocycles. The standard InChI is InChI=1S/C23H25N5O4S/c1-16-15-22(28-11-13-32-14-12-28)26-23(24-16)25-19-5-7-20(8-6-19)27-33(30,31)21-9-3-18(4-10-21)17(2)29/h3-10,15,27H,11-14H2,1-2H3,(H,24,25,26). The van der Waals surface area contributed by atoms with E-state index in [1.54, 1.807) is 24.3 Å². The van der Waals surface area contributed by atoms with E-state index < -0.39 is 10.0 Å². The zero-order valence-electron chi connectivity index (χ0n) is 18.4. The van der Waals surface area contributed by atoms with Crippen LogP contribution in [0, 0.1) is 6.92 Å². The maximum atomic E-state index is 12.6. The summed E-state index contributed by atoms with van der Waals surface area (Å²) >= 11 is 0. The number of sulfonamides is 1. The number of ether oxygens (including phenoxy) is 1. The van der Waals surface area contributed by atoms with Gasteiger partial charge in [0.2, 0.25) is 5.95 Å². The predicted octanol–water partition coefficient (Wildman–Crippen LogP) is 3.37. The van der Waals surface area contributed by atoms with E-state index in [1.165, 1.54) is 31.2 Å². The Kier molecular flexibility index (Phi) is 6.57. The first-order valence-corrected chi connectivity index (χ1v) is 12.0. The van der Waals surface area contributed by atoms with Crippen molar-refractivity contribution in [2.75, 3.05) is 41.2 Å². The van der Waals surface area contributed by atoms with Crippen molar-refractivity contribution < 1.29 is 17.9 Å². The zero-order chi connectivity index (χ0) is 23.4. The Bertz CT molecular complexity index is 1240. The molecule has 2 aromatic carbocycles. The van der Waals surface area contributed by atoms with Gasteiger partial charge in [-0.15, -0.1) is 0 Å². The summed E-state index contributed by atoms with van der Waals surface area (Å²) in [5.41, 5.74) is 2.44. The first-order valence-electron chi connectivity index (χ1n) is 10.5. The Balaban J connectivity index is 1.45. The van der Waals surface area contributed by atoms with Crippen molar-refractivity contribution in [1.29, 1.82) is 0 Å². The molecule has 0 amide bonds. The summed E-state index contributed by atoms with van der Waals surface area (Å²) in [5, 5.41) is 3.17. The minimum Gasteiger partial charge on any atom is -0.378 e. The molecule has 0 bridgehead atoms. The van der Waals surface area contributed by atoms with Gasteiger partial charge in [-0.05, 0) is 50.2 Å². The number of morpholine rings is 1. The number of aryl methyl sites for hydroxylation is 1. The third kappa shape index (κ3) is 5.65. The Labute approximate surface area is 192 Å². The topological polar surface area (TPSA) is 114 Å². The van der Waals surface area contributed by atoms with Gasteiger partial charge in [0, 0.05) is 41.8 Å². The first-order chi connectivity index (χ1) is 15.8. The molecular formula is C23H25N5O4S. The smallest absolute Gasteiger partial charge is 0.261 e. The normalized spacial score (nSPS) is 14.1. The van der Waals surface area contributed by atoms with Crippen molar-refractivity contribution in [3.8, 4) is 0 Å². The van der Waals surface area contributed by atoms with Crippen LogP contribution in [-0.4, -0.2) is 50.5 Å². The number of benzene rings is 2. The maximum absolute atomic E-state index is 12.6. The highest BCUT2D eigenvalue weighted by Crippen LogP contribution is 2.22. The highest BCUT2D eigenvalue weighted by atomic mass is 32.2. The molecule has 2 N–H and O–H groups in total. The Hall–Kier alpha value is -3.50. The molecule has 172 valence electrons. The monoisotopic (exact) mass is 467 g/mol. The first kappa shape index (κ1) is 22.7. The van der Waals surface area contributed by atoms with E-state index in [1.807, 2.05) is 13.0 Å². The van der Waals surface area contributed by atoms with E-state index in [2.05, 4.69) is 24.9 Å². The molecule has 0 aliphatic carbocycles. The molecule has 33 heavy (non-hydrogen) atoms. The average Bonchev–Trinajstić information content (AvgIpc) is 2.80. The highest BCUT2D eigenvalue weighted by molar-refractivity contribution is 7.92. The van der Waals surface area contributed by atoms with Gasteiger partial charge in [-0.25, -0.2) is 13.4 Å². The summed E-state index contributed by atoms with van der Waals surface area (Å²) in [4.78, 5) is 22.7. The van der Waals surface area contributed by atoms with Gasteiger partial charge in [-0.2, -0.15) is 4.98 Å². The molecule has 0 unspecified atom stereocenters. The molecular weight excluding hydrogens is 442 g/mol. The van der Waals surface area contributed by atoms with Crippen molar-refractivity contribution in [3.63, 3.8) is 0 Å². The van der Waals surface area contributed by atoms with Crippen LogP contribution in [0.3, 0.4) is 0 Å². The fourth-order valence-corrected chi connectivity index (χ4v) is 4.45. The minimum absolute atomic E-state index is 0.0819. The fourth-order valence-electron chi connectivity index (χ4n) is 3.40. The summed E-state index contributed by atoms with van der Waals surface area (Å²) in [5.74, 6) is 1.19. The van der Waals surface area contributed by atoms with Crippen molar-refractivity contribution in [3.05, 3.63) is 65.9 Å². The number of nitrogens with zero attached hydrogens (tertiary/aromatic N) is 3. The maximum Gasteiger partial charge on any atom is 0.261 e. The molecule has 0 radical (unpaired) electrons. The van der Waals surface area contributed by atoms with Crippen LogP contribution >= 0.6 is 0 Å². The number of hydrogen-bond donors (Lipinski definition) is 2. The van der Waals surface area contributed by atoms with Gasteiger partial charge in [0.1, 0.15) is 5.82 Å². The third-order valence-corrected chi connectivity index (χ3v) is 6.54. The molecule has 0 spiro atoms. The van der Waals surface area contributed by atoms with Crippen LogP contribution in [0.1, 0.15) is 23.0 Å². The lowest BCUT2D eigenvalue weighted by Crippen LogP contribution is -2.36. The molecule has 1 aromatic heterocycles. The van der Waals surface area contributed by atoms with E-state index in [9.17, 15) is 13.2 Å². The quantitative estimate of drug-likeness (QED) is 0.509. The molecule has 2 heterocycles. The van der Waals surface area contributed by atoms with E-state index >= 15 is 0 Å². The molecule has 1 aliphatic heterocycles. The van der Waals surface area contributed by atoms with Crippen LogP contribution < -0.4 is 14.9 Å². The second-order valence-corrected chi connectivity index (χ2v) is 9.36. The molecule has 1 aliphatic rings. The van der Waals surface area contributed by atoms with E-state index in [0.717, 1.165) is 30.3 Å². The Morgan fingerprint density at radius 2 is 1.61 bits per heavy atom. The van der Waals surface area contributed by atoms with Crippen molar-refractivity contribution in [2.45, 2.75) is 18.7 Å². The van der Waals surface area contributed by atoms with Gasteiger partial charge in [0.05, 0.1) is 18.1 Å². The molecule has 0 atom stereocenters. The second kappa shape index (κ2) is 9.55. The van der Waals surface area contributed by atoms with Gasteiger partial charge in [-0.3, -0.25) is 9.52 Å². The Morgan fingerprint density at radius 1 is 0.970 bits per heavy atom. The van der Waals surface area contributed by atoms with Crippen LogP contribution in [0.25, 0.3) is 0 Å². The molecule has 9 nitrogen and oxygen atoms in total. The van der Waals surface area contributed by atoms with Gasteiger partial charge in [0.15, 0.2) is 5.78 Å². The van der Waals surface area contributed by atoms with Gasteiger partial charge < -0.3 is 15.0 Å². The number of anilines is 4. The Morgan fingerprint density at radius 3 is 2.24 bits per heavy atom. The van der Waals surface area contributed by atoms with Crippen LogP contribution in [0.2, 0.25) is 0 Å². The summed E-state index contributed by atoms with van der Waals surface area (Å²) in [6, 6.07) is 14.6. The third-order valence-electron chi connectivity index (χ3n) is 5.14. The van der Waals surface area contributed by atoms with E-state index in [0.29, 0.717) is 30.4 Å². The fraction of sp³-hybridized carbons (Fsp3) is 0.261. The minimum atomic E-state index is -3.77. The summed E-state index contributed by atoms with van der Waals surface area (Å²) < 4.78 is 33.2. The largest absolute Gasteiger partial charge is 0.378 e. The van der Waals surface area contributed by atoms with Gasteiger partial charge >= 0.3 is 0 Å². The summed E-state index contributed by atoms with van der Waals surface area (Å²) in [7, 11) is -3.77. The number of ketones is 1. The SMILES string of the molecule is CC(=O)c1ccc(S(=O)(=O)Nc2ccc(Nc3nc(C)cc(N4CCOCC4)n3)cc2)cc1. The molecule has 10 heteroatoms. The highest BCUT2D eigenvalue weighted by Gasteiger charge is 2.16. The van der Waals surface area contributed by atoms with E-state index in [4.69, 9.17) is 4.74 Å². The van der Waals surface area contributed by atoms with Crippen molar-refractivity contribution >= 4 is 38.9 Å². The number of carbonyl (C=O) groups is 1. The number of Topliss-reactive ketones (excluding diaryl/α,β-unsaturated/α-hetero) is 1. The predicted molar refractivity (Wildman–Crippen MR) is 127 cm³/mol. The molecule has 1 saturated heterocycles.